The van der Waals surface area contributed by atoms with Gasteiger partial charge >= 0.3 is 5.97 Å². The quantitative estimate of drug-likeness (QED) is 0.351. The third-order valence-corrected chi connectivity index (χ3v) is 5.85. The largest absolute Gasteiger partial charge is 0.480 e. The van der Waals surface area contributed by atoms with Gasteiger partial charge in [-0.1, -0.05) is 47.6 Å². The number of carbonyl (C=O) groups is 2. The van der Waals surface area contributed by atoms with Gasteiger partial charge in [-0.25, -0.2) is 4.79 Å². The standard InChI is InChI=1S/C21H18ClN5O3S/c22-14-4-3-5-15(9-14)27-12-24-26-21(27)31-11-19(28)25-18(20(29)30)8-13-10-23-17-7-2-1-6-16(13)17/h1-7,9-10,12,18,23H,8,11H2,(H,25,28)(H,29,30)/t18-/m1/s1. The summed E-state index contributed by atoms with van der Waals surface area (Å²) in [5, 5.41) is 22.1. The van der Waals surface area contributed by atoms with E-state index in [9.17, 15) is 14.7 Å². The van der Waals surface area contributed by atoms with Crippen LogP contribution in [0.15, 0.2) is 66.2 Å². The van der Waals surface area contributed by atoms with Crippen molar-refractivity contribution in [1.29, 1.82) is 0 Å². The van der Waals surface area contributed by atoms with Crippen molar-refractivity contribution >= 4 is 46.1 Å². The first-order valence-electron chi connectivity index (χ1n) is 9.37. The van der Waals surface area contributed by atoms with Gasteiger partial charge in [-0.2, -0.15) is 0 Å². The lowest BCUT2D eigenvalue weighted by atomic mass is 10.1. The number of hydrogen-bond acceptors (Lipinski definition) is 5. The number of para-hydroxylation sites is 1. The minimum absolute atomic E-state index is 0.00305. The predicted molar refractivity (Wildman–Crippen MR) is 119 cm³/mol. The number of H-pyrrole nitrogens is 1. The van der Waals surface area contributed by atoms with E-state index >= 15 is 0 Å². The zero-order chi connectivity index (χ0) is 21.8. The van der Waals surface area contributed by atoms with Gasteiger partial charge in [0.2, 0.25) is 5.91 Å². The Labute approximate surface area is 186 Å². The molecule has 0 aliphatic heterocycles. The topological polar surface area (TPSA) is 113 Å². The van der Waals surface area contributed by atoms with Crippen molar-refractivity contribution in [3.63, 3.8) is 0 Å². The molecule has 0 unspecified atom stereocenters. The molecule has 0 fully saturated rings. The molecule has 3 N–H and O–H groups in total. The summed E-state index contributed by atoms with van der Waals surface area (Å²) < 4.78 is 1.71. The lowest BCUT2D eigenvalue weighted by Crippen LogP contribution is -2.43. The molecule has 2 aromatic heterocycles. The zero-order valence-corrected chi connectivity index (χ0v) is 17.7. The molecule has 0 radical (unpaired) electrons. The maximum absolute atomic E-state index is 12.5. The first-order chi connectivity index (χ1) is 15.0. The Bertz CT molecular complexity index is 1240. The summed E-state index contributed by atoms with van der Waals surface area (Å²) in [4.78, 5) is 27.3. The van der Waals surface area contributed by atoms with Crippen LogP contribution in [-0.4, -0.2) is 48.5 Å². The SMILES string of the molecule is O=C(CSc1nncn1-c1cccc(Cl)c1)N[C@H](Cc1c[nH]c2ccccc12)C(=O)O. The molecule has 31 heavy (non-hydrogen) atoms. The number of aromatic amines is 1. The van der Waals surface area contributed by atoms with Crippen molar-refractivity contribution in [2.45, 2.75) is 17.6 Å². The van der Waals surface area contributed by atoms with Gasteiger partial charge in [-0.05, 0) is 29.8 Å². The molecule has 4 aromatic rings. The first kappa shape index (κ1) is 21.0. The molecule has 0 bridgehead atoms. The summed E-state index contributed by atoms with van der Waals surface area (Å²) in [6.07, 6.45) is 3.48. The van der Waals surface area contributed by atoms with Crippen LogP contribution in [0, 0.1) is 0 Å². The molecule has 8 nitrogen and oxygen atoms in total. The van der Waals surface area contributed by atoms with Gasteiger partial charge in [0.15, 0.2) is 5.16 Å². The van der Waals surface area contributed by atoms with Crippen molar-refractivity contribution in [3.05, 3.63) is 71.6 Å². The third kappa shape index (κ3) is 4.89. The summed E-state index contributed by atoms with van der Waals surface area (Å²) in [7, 11) is 0. The van der Waals surface area contributed by atoms with E-state index in [1.807, 2.05) is 30.3 Å². The second-order valence-electron chi connectivity index (χ2n) is 6.77. The van der Waals surface area contributed by atoms with Crippen LogP contribution in [0.4, 0.5) is 0 Å². The monoisotopic (exact) mass is 455 g/mol. The van der Waals surface area contributed by atoms with E-state index in [2.05, 4.69) is 20.5 Å². The summed E-state index contributed by atoms with van der Waals surface area (Å²) in [6, 6.07) is 13.8. The van der Waals surface area contributed by atoms with Crippen LogP contribution in [-0.2, 0) is 16.0 Å². The van der Waals surface area contributed by atoms with E-state index in [-0.39, 0.29) is 12.2 Å². The molecule has 0 aliphatic carbocycles. The number of fused-ring (bicyclic) bond motifs is 1. The number of benzene rings is 2. The van der Waals surface area contributed by atoms with Gasteiger partial charge in [-0.15, -0.1) is 10.2 Å². The molecule has 1 atom stereocenters. The Morgan fingerprint density at radius 3 is 2.87 bits per heavy atom. The van der Waals surface area contributed by atoms with Gasteiger partial charge in [-0.3, -0.25) is 9.36 Å². The number of aromatic nitrogens is 4. The molecule has 158 valence electrons. The molecule has 2 heterocycles. The van der Waals surface area contributed by atoms with Crippen molar-refractivity contribution in [3.8, 4) is 5.69 Å². The van der Waals surface area contributed by atoms with Crippen LogP contribution >= 0.6 is 23.4 Å². The summed E-state index contributed by atoms with van der Waals surface area (Å²) in [5.41, 5.74) is 2.52. The van der Waals surface area contributed by atoms with Crippen molar-refractivity contribution in [1.82, 2.24) is 25.1 Å². The van der Waals surface area contributed by atoms with E-state index in [4.69, 9.17) is 11.6 Å². The van der Waals surface area contributed by atoms with Crippen LogP contribution in [0.2, 0.25) is 5.02 Å². The number of carbonyl (C=O) groups excluding carboxylic acids is 1. The van der Waals surface area contributed by atoms with E-state index in [1.165, 1.54) is 6.33 Å². The van der Waals surface area contributed by atoms with Gasteiger partial charge < -0.3 is 15.4 Å². The molecule has 0 saturated heterocycles. The number of halogens is 1. The molecule has 0 spiro atoms. The smallest absolute Gasteiger partial charge is 0.326 e. The number of nitrogens with one attached hydrogen (secondary N) is 2. The molecule has 4 rings (SSSR count). The lowest BCUT2D eigenvalue weighted by Gasteiger charge is -2.14. The van der Waals surface area contributed by atoms with Crippen molar-refractivity contribution in [2.24, 2.45) is 0 Å². The summed E-state index contributed by atoms with van der Waals surface area (Å²) in [6.45, 7) is 0. The highest BCUT2D eigenvalue weighted by molar-refractivity contribution is 7.99. The Balaban J connectivity index is 1.41. The average Bonchev–Trinajstić information content (AvgIpc) is 3.39. The number of carboxylic acids is 1. The normalized spacial score (nSPS) is 12.0. The number of hydrogen-bond donors (Lipinski definition) is 3. The minimum Gasteiger partial charge on any atom is -0.480 e. The maximum atomic E-state index is 12.5. The number of thioether (sulfide) groups is 1. The lowest BCUT2D eigenvalue weighted by molar-refractivity contribution is -0.141. The Morgan fingerprint density at radius 1 is 1.23 bits per heavy atom. The third-order valence-electron chi connectivity index (χ3n) is 4.67. The van der Waals surface area contributed by atoms with Crippen LogP contribution in [0.3, 0.4) is 0 Å². The Hall–Kier alpha value is -3.30. The minimum atomic E-state index is -1.09. The summed E-state index contributed by atoms with van der Waals surface area (Å²) in [5.74, 6) is -1.50. The average molecular weight is 456 g/mol. The molecular weight excluding hydrogens is 438 g/mol. The van der Waals surface area contributed by atoms with E-state index < -0.39 is 17.9 Å². The molecule has 0 saturated carbocycles. The summed E-state index contributed by atoms with van der Waals surface area (Å²) >= 11 is 7.20. The van der Waals surface area contributed by atoms with E-state index in [0.717, 1.165) is 33.9 Å². The van der Waals surface area contributed by atoms with Crippen LogP contribution < -0.4 is 5.32 Å². The second kappa shape index (κ2) is 9.23. The van der Waals surface area contributed by atoms with Crippen molar-refractivity contribution in [2.75, 3.05) is 5.75 Å². The Kier molecular flexibility index (Phi) is 6.24. The van der Waals surface area contributed by atoms with Gasteiger partial charge in [0.25, 0.3) is 0 Å². The molecule has 0 aliphatic rings. The highest BCUT2D eigenvalue weighted by atomic mass is 35.5. The number of amides is 1. The highest BCUT2D eigenvalue weighted by Crippen LogP contribution is 2.22. The number of carboxylic acid groups (broad SMARTS) is 1. The van der Waals surface area contributed by atoms with E-state index in [0.29, 0.717) is 10.2 Å². The van der Waals surface area contributed by atoms with Crippen LogP contribution in [0.1, 0.15) is 5.56 Å². The molecule has 2 aromatic carbocycles. The molecule has 10 heteroatoms. The van der Waals surface area contributed by atoms with Gasteiger partial charge in [0.05, 0.1) is 11.4 Å². The highest BCUT2D eigenvalue weighted by Gasteiger charge is 2.22. The Morgan fingerprint density at radius 2 is 2.06 bits per heavy atom. The molecule has 1 amide bonds. The number of aliphatic carboxylic acids is 1. The van der Waals surface area contributed by atoms with Crippen LogP contribution in [0.5, 0.6) is 0 Å². The maximum Gasteiger partial charge on any atom is 0.326 e. The predicted octanol–water partition coefficient (Wildman–Crippen LogP) is 3.31. The van der Waals surface area contributed by atoms with Crippen molar-refractivity contribution < 1.29 is 14.7 Å². The van der Waals surface area contributed by atoms with Gasteiger partial charge in [0.1, 0.15) is 12.4 Å². The molecular formula is C21H18ClN5O3S. The zero-order valence-electron chi connectivity index (χ0n) is 16.2. The number of nitrogens with zero attached hydrogens (tertiary/aromatic N) is 3. The van der Waals surface area contributed by atoms with E-state index in [1.54, 1.807) is 29.0 Å². The fraction of sp³-hybridized carbons (Fsp3) is 0.143. The number of rotatable bonds is 8. The fourth-order valence-corrected chi connectivity index (χ4v) is 4.14. The van der Waals surface area contributed by atoms with Crippen LogP contribution in [0.25, 0.3) is 16.6 Å². The van der Waals surface area contributed by atoms with Gasteiger partial charge in [0, 0.05) is 28.5 Å². The fourth-order valence-electron chi connectivity index (χ4n) is 3.21. The first-order valence-corrected chi connectivity index (χ1v) is 10.7. The second-order valence-corrected chi connectivity index (χ2v) is 8.15.